The summed E-state index contributed by atoms with van der Waals surface area (Å²) in [6.07, 6.45) is -1.83. The average Bonchev–Trinajstić information content (AvgIpc) is 3.15. The fourth-order valence-corrected chi connectivity index (χ4v) is 5.90. The molecule has 0 spiro atoms. The Bertz CT molecular complexity index is 2070. The summed E-state index contributed by atoms with van der Waals surface area (Å²) in [4.78, 5) is 8.56. The maximum absolute atomic E-state index is 8.56. The molecular weight excluding hydrogens is 588 g/mol. The minimum atomic E-state index is -1.83. The third kappa shape index (κ3) is 7.67. The minimum Gasteiger partial charge on any atom is -0.450 e. The molecule has 0 amide bonds. The van der Waals surface area contributed by atoms with Crippen LogP contribution >= 0.6 is 0 Å². The van der Waals surface area contributed by atoms with E-state index in [-0.39, 0.29) is 0 Å². The first-order chi connectivity index (χ1) is 23.6. The average molecular weight is 623 g/mol. The van der Waals surface area contributed by atoms with Crippen LogP contribution < -0.4 is 0 Å². The molecular formula is C45H34O3. The van der Waals surface area contributed by atoms with Gasteiger partial charge in [-0.15, -0.1) is 0 Å². The lowest BCUT2D eigenvalue weighted by Crippen LogP contribution is -1.82. The van der Waals surface area contributed by atoms with Gasteiger partial charge in [0, 0.05) is 0 Å². The summed E-state index contributed by atoms with van der Waals surface area (Å²) >= 11 is 0. The van der Waals surface area contributed by atoms with E-state index in [1.54, 1.807) is 0 Å². The number of hydrogen-bond donors (Lipinski definition) is 2. The van der Waals surface area contributed by atoms with E-state index in [4.69, 9.17) is 15.0 Å². The van der Waals surface area contributed by atoms with Crippen molar-refractivity contribution in [2.45, 2.75) is 0 Å². The summed E-state index contributed by atoms with van der Waals surface area (Å²) in [5, 5.41) is 19.1. The zero-order valence-electron chi connectivity index (χ0n) is 26.3. The van der Waals surface area contributed by atoms with E-state index >= 15 is 0 Å². The highest BCUT2D eigenvalue weighted by atomic mass is 16.6. The Labute approximate surface area is 280 Å². The summed E-state index contributed by atoms with van der Waals surface area (Å²) in [6, 6.07) is 68.7. The highest BCUT2D eigenvalue weighted by Crippen LogP contribution is 2.32. The number of hydrogen-bond acceptors (Lipinski definition) is 1. The summed E-state index contributed by atoms with van der Waals surface area (Å²) in [7, 11) is 0. The summed E-state index contributed by atoms with van der Waals surface area (Å²) in [5.41, 5.74) is 10.1. The standard InChI is InChI=1S/2C22H16.CH2O3/c2*1-2-7-17(8-3-1)18-13-15-20(16-14-18)22-12-6-10-19-9-4-5-11-21(19)22;2-1(3)4/h2*1-16H;(H2,2,3,4). The van der Waals surface area contributed by atoms with E-state index in [9.17, 15) is 0 Å². The van der Waals surface area contributed by atoms with Gasteiger partial charge in [-0.2, -0.15) is 0 Å². The van der Waals surface area contributed by atoms with Gasteiger partial charge in [0.05, 0.1) is 0 Å². The highest BCUT2D eigenvalue weighted by Gasteiger charge is 2.05. The third-order valence-corrected chi connectivity index (χ3v) is 8.19. The molecule has 0 atom stereocenters. The van der Waals surface area contributed by atoms with E-state index in [1.165, 1.54) is 66.1 Å². The molecule has 0 saturated heterocycles. The predicted molar refractivity (Wildman–Crippen MR) is 200 cm³/mol. The molecule has 0 aliphatic heterocycles. The number of fused-ring (bicyclic) bond motifs is 2. The minimum absolute atomic E-state index is 1.25. The molecule has 3 heteroatoms. The topological polar surface area (TPSA) is 57.5 Å². The van der Waals surface area contributed by atoms with Gasteiger partial charge in [-0.1, -0.05) is 194 Å². The maximum Gasteiger partial charge on any atom is 0.503 e. The molecule has 0 aliphatic rings. The molecule has 2 N–H and O–H groups in total. The second kappa shape index (κ2) is 15.2. The second-order valence-electron chi connectivity index (χ2n) is 11.2. The summed E-state index contributed by atoms with van der Waals surface area (Å²) < 4.78 is 0. The third-order valence-electron chi connectivity index (χ3n) is 8.19. The van der Waals surface area contributed by atoms with Crippen LogP contribution in [-0.2, 0) is 0 Å². The van der Waals surface area contributed by atoms with Crippen LogP contribution in [0, 0.1) is 0 Å². The van der Waals surface area contributed by atoms with Crippen LogP contribution in [0.15, 0.2) is 194 Å². The van der Waals surface area contributed by atoms with Gasteiger partial charge in [-0.3, -0.25) is 0 Å². The predicted octanol–water partition coefficient (Wildman–Crippen LogP) is 12.6. The number of benzene rings is 8. The number of carbonyl (C=O) groups is 1. The van der Waals surface area contributed by atoms with Crippen molar-refractivity contribution in [1.82, 2.24) is 0 Å². The molecule has 8 aromatic rings. The van der Waals surface area contributed by atoms with Crippen LogP contribution in [-0.4, -0.2) is 16.4 Å². The van der Waals surface area contributed by atoms with Crippen molar-refractivity contribution in [1.29, 1.82) is 0 Å². The van der Waals surface area contributed by atoms with E-state index in [0.29, 0.717) is 0 Å². The van der Waals surface area contributed by atoms with Gasteiger partial charge in [0.2, 0.25) is 0 Å². The largest absolute Gasteiger partial charge is 0.503 e. The van der Waals surface area contributed by atoms with E-state index < -0.39 is 6.16 Å². The van der Waals surface area contributed by atoms with Crippen LogP contribution in [0.4, 0.5) is 4.79 Å². The van der Waals surface area contributed by atoms with Crippen LogP contribution in [0.5, 0.6) is 0 Å². The zero-order valence-corrected chi connectivity index (χ0v) is 26.3. The van der Waals surface area contributed by atoms with Gasteiger partial charge < -0.3 is 10.2 Å². The molecule has 48 heavy (non-hydrogen) atoms. The van der Waals surface area contributed by atoms with Gasteiger partial charge in [-0.25, -0.2) is 4.79 Å². The molecule has 8 rings (SSSR count). The van der Waals surface area contributed by atoms with Crippen molar-refractivity contribution in [3.05, 3.63) is 194 Å². The number of rotatable bonds is 4. The lowest BCUT2D eigenvalue weighted by Gasteiger charge is -2.08. The SMILES string of the molecule is O=C(O)O.c1ccc(-c2ccc(-c3cccc4ccccc34)cc2)cc1.c1ccc(-c2ccc(-c3cccc4ccccc34)cc2)cc1. The van der Waals surface area contributed by atoms with Gasteiger partial charge >= 0.3 is 6.16 Å². The summed E-state index contributed by atoms with van der Waals surface area (Å²) in [6.45, 7) is 0. The molecule has 232 valence electrons. The van der Waals surface area contributed by atoms with Crippen molar-refractivity contribution in [2.24, 2.45) is 0 Å². The molecule has 0 radical (unpaired) electrons. The molecule has 0 aliphatic carbocycles. The van der Waals surface area contributed by atoms with Crippen LogP contribution in [0.3, 0.4) is 0 Å². The van der Waals surface area contributed by atoms with Gasteiger partial charge in [0.25, 0.3) is 0 Å². The van der Waals surface area contributed by atoms with Crippen molar-refractivity contribution in [3.63, 3.8) is 0 Å². The second-order valence-corrected chi connectivity index (χ2v) is 11.2. The zero-order chi connectivity index (χ0) is 33.1. The lowest BCUT2D eigenvalue weighted by molar-refractivity contribution is 0.137. The van der Waals surface area contributed by atoms with Gasteiger partial charge in [0.15, 0.2) is 0 Å². The normalized spacial score (nSPS) is 10.3. The van der Waals surface area contributed by atoms with Crippen LogP contribution in [0.2, 0.25) is 0 Å². The molecule has 0 heterocycles. The molecule has 0 aromatic heterocycles. The fourth-order valence-electron chi connectivity index (χ4n) is 5.90. The van der Waals surface area contributed by atoms with Gasteiger partial charge in [-0.05, 0) is 66.1 Å². The molecule has 0 fully saturated rings. The quantitative estimate of drug-likeness (QED) is 0.205. The Morgan fingerprint density at radius 2 is 0.562 bits per heavy atom. The van der Waals surface area contributed by atoms with Crippen LogP contribution in [0.1, 0.15) is 0 Å². The van der Waals surface area contributed by atoms with Crippen LogP contribution in [0.25, 0.3) is 66.1 Å². The Balaban J connectivity index is 0.000000151. The molecule has 0 bridgehead atoms. The molecule has 0 unspecified atom stereocenters. The Morgan fingerprint density at radius 3 is 0.938 bits per heavy atom. The fraction of sp³-hybridized carbons (Fsp3) is 0. The lowest BCUT2D eigenvalue weighted by atomic mass is 9.96. The molecule has 3 nitrogen and oxygen atoms in total. The Kier molecular flexibility index (Phi) is 10.00. The monoisotopic (exact) mass is 622 g/mol. The maximum atomic E-state index is 8.56. The van der Waals surface area contributed by atoms with Crippen molar-refractivity contribution >= 4 is 27.7 Å². The first-order valence-electron chi connectivity index (χ1n) is 15.8. The van der Waals surface area contributed by atoms with Crippen molar-refractivity contribution < 1.29 is 15.0 Å². The van der Waals surface area contributed by atoms with E-state index in [1.807, 2.05) is 12.1 Å². The Morgan fingerprint density at radius 1 is 0.292 bits per heavy atom. The van der Waals surface area contributed by atoms with Crippen molar-refractivity contribution in [2.75, 3.05) is 0 Å². The highest BCUT2D eigenvalue weighted by molar-refractivity contribution is 5.97. The first-order valence-corrected chi connectivity index (χ1v) is 15.8. The van der Waals surface area contributed by atoms with Crippen molar-refractivity contribution in [3.8, 4) is 44.5 Å². The van der Waals surface area contributed by atoms with E-state index in [2.05, 4.69) is 182 Å². The smallest absolute Gasteiger partial charge is 0.450 e. The molecule has 8 aromatic carbocycles. The Hall–Kier alpha value is -6.45. The molecule has 0 saturated carbocycles. The first kappa shape index (κ1) is 31.5. The van der Waals surface area contributed by atoms with Gasteiger partial charge in [0.1, 0.15) is 0 Å². The summed E-state index contributed by atoms with van der Waals surface area (Å²) in [5.74, 6) is 0. The number of carboxylic acid groups (broad SMARTS) is 2. The van der Waals surface area contributed by atoms with E-state index in [0.717, 1.165) is 0 Å².